The van der Waals surface area contributed by atoms with Crippen LogP contribution in [0.5, 0.6) is 0 Å². The summed E-state index contributed by atoms with van der Waals surface area (Å²) in [6.45, 7) is 0.581. The molecule has 2 aromatic rings. The smallest absolute Gasteiger partial charge is 0.234 e. The number of rotatable bonds is 3. The zero-order valence-electron chi connectivity index (χ0n) is 8.01. The molecule has 0 bridgehead atoms. The molecule has 0 aliphatic heterocycles. The molecule has 0 amide bonds. The highest BCUT2D eigenvalue weighted by atomic mass is 32.1. The first-order chi connectivity index (χ1) is 7.34. The maximum absolute atomic E-state index is 5.69. The Balaban J connectivity index is 1.95. The van der Waals surface area contributed by atoms with E-state index in [1.807, 2.05) is 0 Å². The van der Waals surface area contributed by atoms with Crippen LogP contribution in [0.4, 0.5) is 0 Å². The van der Waals surface area contributed by atoms with Crippen LogP contribution in [0.15, 0.2) is 16.2 Å². The van der Waals surface area contributed by atoms with E-state index in [-0.39, 0.29) is 5.41 Å². The minimum Gasteiger partial charge on any atom is -0.338 e. The second kappa shape index (κ2) is 3.11. The molecule has 0 unspecified atom stereocenters. The molecular formula is C9H10N4OS. The highest BCUT2D eigenvalue weighted by Gasteiger charge is 2.48. The summed E-state index contributed by atoms with van der Waals surface area (Å²) in [5, 5.41) is 3.94. The Kier molecular flexibility index (Phi) is 1.86. The van der Waals surface area contributed by atoms with Crippen molar-refractivity contribution in [2.75, 3.05) is 6.54 Å². The largest absolute Gasteiger partial charge is 0.338 e. The van der Waals surface area contributed by atoms with Gasteiger partial charge in [0, 0.05) is 12.7 Å². The lowest BCUT2D eigenvalue weighted by molar-refractivity contribution is 0.347. The van der Waals surface area contributed by atoms with E-state index in [2.05, 4.69) is 15.1 Å². The summed E-state index contributed by atoms with van der Waals surface area (Å²) in [6.07, 6.45) is 3.84. The maximum Gasteiger partial charge on any atom is 0.234 e. The quantitative estimate of drug-likeness (QED) is 0.843. The number of thiazole rings is 1. The molecule has 1 aliphatic rings. The summed E-state index contributed by atoms with van der Waals surface area (Å²) in [5.74, 6) is 1.29. The van der Waals surface area contributed by atoms with Crippen molar-refractivity contribution in [3.05, 3.63) is 17.6 Å². The van der Waals surface area contributed by atoms with Crippen molar-refractivity contribution >= 4 is 11.3 Å². The van der Waals surface area contributed by atoms with E-state index >= 15 is 0 Å². The molecule has 0 saturated heterocycles. The minimum atomic E-state index is -0.0318. The molecule has 1 aliphatic carbocycles. The van der Waals surface area contributed by atoms with Crippen LogP contribution in [0.2, 0.25) is 0 Å². The molecule has 0 aromatic carbocycles. The van der Waals surface area contributed by atoms with Crippen molar-refractivity contribution in [3.63, 3.8) is 0 Å². The Bertz CT molecular complexity index is 460. The van der Waals surface area contributed by atoms with Gasteiger partial charge in [0.25, 0.3) is 0 Å². The molecule has 0 radical (unpaired) electrons. The van der Waals surface area contributed by atoms with Gasteiger partial charge in [0.1, 0.15) is 0 Å². The Morgan fingerprint density at radius 3 is 3.00 bits per heavy atom. The number of nitrogens with two attached hydrogens (primary N) is 1. The second-order valence-corrected chi connectivity index (χ2v) is 4.66. The summed E-state index contributed by atoms with van der Waals surface area (Å²) in [7, 11) is 0. The van der Waals surface area contributed by atoms with Gasteiger partial charge in [-0.1, -0.05) is 5.16 Å². The number of hydrogen-bond acceptors (Lipinski definition) is 6. The van der Waals surface area contributed by atoms with Crippen LogP contribution in [-0.2, 0) is 5.41 Å². The standard InChI is InChI=1S/C9H10N4OS/c10-4-9(1-2-9)8-12-7(13-14-8)6-3-11-5-15-6/h3,5H,1-2,4,10H2. The van der Waals surface area contributed by atoms with E-state index < -0.39 is 0 Å². The number of aromatic nitrogens is 3. The van der Waals surface area contributed by atoms with E-state index in [1.54, 1.807) is 11.7 Å². The van der Waals surface area contributed by atoms with Crippen LogP contribution in [0.1, 0.15) is 18.7 Å². The van der Waals surface area contributed by atoms with E-state index in [1.165, 1.54) is 11.3 Å². The van der Waals surface area contributed by atoms with Crippen molar-refractivity contribution in [1.29, 1.82) is 0 Å². The summed E-state index contributed by atoms with van der Waals surface area (Å²) < 4.78 is 5.24. The van der Waals surface area contributed by atoms with Gasteiger partial charge in [-0.15, -0.1) is 11.3 Å². The summed E-state index contributed by atoms with van der Waals surface area (Å²) in [5.41, 5.74) is 7.41. The maximum atomic E-state index is 5.69. The molecular weight excluding hydrogens is 212 g/mol. The first-order valence-corrected chi connectivity index (χ1v) is 5.65. The highest BCUT2D eigenvalue weighted by molar-refractivity contribution is 7.13. The van der Waals surface area contributed by atoms with Crippen molar-refractivity contribution in [2.24, 2.45) is 5.73 Å². The Morgan fingerprint density at radius 2 is 2.40 bits per heavy atom. The van der Waals surface area contributed by atoms with Crippen LogP contribution in [0, 0.1) is 0 Å². The Morgan fingerprint density at radius 1 is 1.53 bits per heavy atom. The van der Waals surface area contributed by atoms with Gasteiger partial charge >= 0.3 is 0 Å². The fourth-order valence-corrected chi connectivity index (χ4v) is 2.07. The van der Waals surface area contributed by atoms with Gasteiger partial charge in [-0.25, -0.2) is 0 Å². The summed E-state index contributed by atoms with van der Waals surface area (Å²) >= 11 is 1.50. The van der Waals surface area contributed by atoms with Gasteiger partial charge in [0.2, 0.25) is 11.7 Å². The lowest BCUT2D eigenvalue weighted by Gasteiger charge is -2.03. The molecule has 0 atom stereocenters. The average molecular weight is 222 g/mol. The first kappa shape index (κ1) is 8.99. The minimum absolute atomic E-state index is 0.0318. The number of nitrogens with zero attached hydrogens (tertiary/aromatic N) is 3. The van der Waals surface area contributed by atoms with Crippen molar-refractivity contribution < 1.29 is 4.52 Å². The van der Waals surface area contributed by atoms with E-state index in [9.17, 15) is 0 Å². The molecule has 15 heavy (non-hydrogen) atoms. The van der Waals surface area contributed by atoms with Crippen LogP contribution in [0.25, 0.3) is 10.7 Å². The fourth-order valence-electron chi connectivity index (χ4n) is 1.52. The number of hydrogen-bond donors (Lipinski definition) is 1. The molecule has 78 valence electrons. The van der Waals surface area contributed by atoms with Crippen molar-refractivity contribution in [3.8, 4) is 10.7 Å². The highest BCUT2D eigenvalue weighted by Crippen LogP contribution is 2.46. The van der Waals surface area contributed by atoms with Gasteiger partial charge in [0.15, 0.2) is 0 Å². The van der Waals surface area contributed by atoms with Gasteiger partial charge in [-0.05, 0) is 12.8 Å². The zero-order chi connectivity index (χ0) is 10.3. The molecule has 1 fully saturated rings. The first-order valence-electron chi connectivity index (χ1n) is 4.77. The predicted octanol–water partition coefficient (Wildman–Crippen LogP) is 1.18. The lowest BCUT2D eigenvalue weighted by atomic mass is 10.1. The monoisotopic (exact) mass is 222 g/mol. The van der Waals surface area contributed by atoms with Gasteiger partial charge in [-0.2, -0.15) is 4.98 Å². The third kappa shape index (κ3) is 1.37. The summed E-state index contributed by atoms with van der Waals surface area (Å²) in [4.78, 5) is 9.28. The van der Waals surface area contributed by atoms with Crippen LogP contribution >= 0.6 is 11.3 Å². The Hall–Kier alpha value is -1.27. The summed E-state index contributed by atoms with van der Waals surface area (Å²) in [6, 6.07) is 0. The van der Waals surface area contributed by atoms with E-state index in [0.717, 1.165) is 17.7 Å². The SMILES string of the molecule is NCC1(c2nc(-c3cncs3)no2)CC1. The molecule has 2 heterocycles. The van der Waals surface area contributed by atoms with Gasteiger partial charge < -0.3 is 10.3 Å². The van der Waals surface area contributed by atoms with Crippen LogP contribution in [-0.4, -0.2) is 21.7 Å². The molecule has 5 nitrogen and oxygen atoms in total. The van der Waals surface area contributed by atoms with Crippen LogP contribution < -0.4 is 5.73 Å². The van der Waals surface area contributed by atoms with E-state index in [4.69, 9.17) is 10.3 Å². The fraction of sp³-hybridized carbons (Fsp3) is 0.444. The third-order valence-corrected chi connectivity index (χ3v) is 3.55. The Labute approximate surface area is 90.3 Å². The third-order valence-electron chi connectivity index (χ3n) is 2.78. The normalized spacial score (nSPS) is 17.9. The van der Waals surface area contributed by atoms with Crippen molar-refractivity contribution in [2.45, 2.75) is 18.3 Å². The molecule has 1 saturated carbocycles. The zero-order valence-corrected chi connectivity index (χ0v) is 8.83. The molecule has 0 spiro atoms. The van der Waals surface area contributed by atoms with Gasteiger partial charge in [-0.3, -0.25) is 4.98 Å². The van der Waals surface area contributed by atoms with Crippen LogP contribution in [0.3, 0.4) is 0 Å². The van der Waals surface area contributed by atoms with Crippen molar-refractivity contribution in [1.82, 2.24) is 15.1 Å². The predicted molar refractivity (Wildman–Crippen MR) is 55.4 cm³/mol. The average Bonchev–Trinajstić information content (AvgIpc) is 2.74. The topological polar surface area (TPSA) is 77.8 Å². The molecule has 6 heteroatoms. The van der Waals surface area contributed by atoms with E-state index in [0.29, 0.717) is 18.3 Å². The second-order valence-electron chi connectivity index (χ2n) is 3.77. The molecule has 2 N–H and O–H groups in total. The lowest BCUT2D eigenvalue weighted by Crippen LogP contribution is -2.19. The molecule has 2 aromatic heterocycles. The molecule has 3 rings (SSSR count). The van der Waals surface area contributed by atoms with Gasteiger partial charge in [0.05, 0.1) is 15.8 Å².